The highest BCUT2D eigenvalue weighted by molar-refractivity contribution is 6.15. The number of fused-ring (bicyclic) bond motifs is 5. The quantitative estimate of drug-likeness (QED) is 0.153. The average molecular weight is 766 g/mol. The van der Waals surface area contributed by atoms with Crippen molar-refractivity contribution in [1.29, 1.82) is 0 Å². The van der Waals surface area contributed by atoms with Crippen LogP contribution < -0.4 is 4.90 Å². The smallest absolute Gasteiger partial charge is 0.143 e. The van der Waals surface area contributed by atoms with E-state index in [4.69, 9.17) is 4.42 Å². The average Bonchev–Trinajstić information content (AvgIpc) is 3.72. The fourth-order valence-electron chi connectivity index (χ4n) is 8.70. The Hall–Kier alpha value is -7.94. The lowest BCUT2D eigenvalue weighted by molar-refractivity contribution is 0.672. The first kappa shape index (κ1) is 35.2. The molecule has 0 bridgehead atoms. The van der Waals surface area contributed by atoms with E-state index in [-0.39, 0.29) is 0 Å². The van der Waals surface area contributed by atoms with Crippen molar-refractivity contribution >= 4 is 49.8 Å². The molecule has 0 atom stereocenters. The van der Waals surface area contributed by atoms with Crippen LogP contribution in [0, 0.1) is 0 Å². The Morgan fingerprint density at radius 1 is 0.283 bits per heavy atom. The predicted molar refractivity (Wildman–Crippen MR) is 253 cm³/mol. The van der Waals surface area contributed by atoms with E-state index in [9.17, 15) is 0 Å². The zero-order valence-corrected chi connectivity index (χ0v) is 32.9. The third kappa shape index (κ3) is 6.41. The summed E-state index contributed by atoms with van der Waals surface area (Å²) in [5, 5.41) is 4.50. The van der Waals surface area contributed by atoms with Crippen molar-refractivity contribution in [2.45, 2.75) is 0 Å². The summed E-state index contributed by atoms with van der Waals surface area (Å²) in [5.41, 5.74) is 16.5. The van der Waals surface area contributed by atoms with E-state index < -0.39 is 0 Å². The Labute approximate surface area is 349 Å². The third-order valence-electron chi connectivity index (χ3n) is 11.6. The number of hydrogen-bond acceptors (Lipinski definition) is 2. The first-order valence-corrected chi connectivity index (χ1v) is 20.5. The molecule has 0 spiro atoms. The maximum absolute atomic E-state index is 6.83. The highest BCUT2D eigenvalue weighted by Gasteiger charge is 2.25. The minimum Gasteiger partial charge on any atom is -0.455 e. The molecule has 0 unspecified atom stereocenters. The molecule has 282 valence electrons. The number of benzene rings is 10. The standard InChI is InChI=1S/C58H39NO/c1-5-16-40(17-6-1)46-25-15-26-47(36-46)42-28-31-49(32-29-42)59(50-33-35-52-53-34-30-45-24-13-14-27-51(45)58(53)60-56(52)39-50)57-54(43-20-9-3-10-21-43)37-48(41-18-7-2-8-19-41)38-55(57)44-22-11-4-12-23-44/h1-39H. The van der Waals surface area contributed by atoms with Gasteiger partial charge in [0.25, 0.3) is 0 Å². The van der Waals surface area contributed by atoms with Crippen molar-refractivity contribution in [3.63, 3.8) is 0 Å². The zero-order chi connectivity index (χ0) is 39.8. The van der Waals surface area contributed by atoms with Gasteiger partial charge in [-0.15, -0.1) is 0 Å². The van der Waals surface area contributed by atoms with Crippen LogP contribution in [0.1, 0.15) is 0 Å². The fourth-order valence-corrected chi connectivity index (χ4v) is 8.70. The van der Waals surface area contributed by atoms with Gasteiger partial charge in [0.2, 0.25) is 0 Å². The Morgan fingerprint density at radius 2 is 0.767 bits per heavy atom. The third-order valence-corrected chi connectivity index (χ3v) is 11.6. The van der Waals surface area contributed by atoms with Crippen molar-refractivity contribution < 1.29 is 4.42 Å². The molecule has 0 saturated heterocycles. The minimum atomic E-state index is 0.849. The van der Waals surface area contributed by atoms with Crippen LogP contribution in [-0.2, 0) is 0 Å². The van der Waals surface area contributed by atoms with E-state index in [1.807, 2.05) is 0 Å². The van der Waals surface area contributed by atoms with Crippen LogP contribution in [0.25, 0.3) is 88.3 Å². The monoisotopic (exact) mass is 765 g/mol. The Kier molecular flexibility index (Phi) is 8.87. The van der Waals surface area contributed by atoms with Gasteiger partial charge in [0.15, 0.2) is 0 Å². The van der Waals surface area contributed by atoms with E-state index in [0.29, 0.717) is 0 Å². The molecule has 0 fully saturated rings. The molecule has 1 heterocycles. The molecular formula is C58H39NO. The normalized spacial score (nSPS) is 11.3. The first-order chi connectivity index (χ1) is 29.7. The number of rotatable bonds is 8. The van der Waals surface area contributed by atoms with Gasteiger partial charge in [-0.2, -0.15) is 0 Å². The van der Waals surface area contributed by atoms with Gasteiger partial charge >= 0.3 is 0 Å². The van der Waals surface area contributed by atoms with Gasteiger partial charge in [-0.05, 0) is 98.4 Å². The molecule has 11 rings (SSSR count). The van der Waals surface area contributed by atoms with Crippen LogP contribution in [-0.4, -0.2) is 0 Å². The van der Waals surface area contributed by atoms with Crippen molar-refractivity contribution in [2.24, 2.45) is 0 Å². The molecule has 0 N–H and O–H groups in total. The van der Waals surface area contributed by atoms with Crippen LogP contribution in [0.4, 0.5) is 17.1 Å². The van der Waals surface area contributed by atoms with Crippen LogP contribution in [0.5, 0.6) is 0 Å². The maximum atomic E-state index is 6.83. The van der Waals surface area contributed by atoms with Gasteiger partial charge in [-0.3, -0.25) is 0 Å². The molecule has 10 aromatic carbocycles. The Balaban J connectivity index is 1.16. The van der Waals surface area contributed by atoms with Gasteiger partial charge in [0, 0.05) is 44.7 Å². The molecule has 0 saturated carbocycles. The van der Waals surface area contributed by atoms with Gasteiger partial charge in [-0.1, -0.05) is 182 Å². The van der Waals surface area contributed by atoms with Crippen molar-refractivity contribution in [3.05, 3.63) is 237 Å². The second-order valence-electron chi connectivity index (χ2n) is 15.3. The minimum absolute atomic E-state index is 0.849. The van der Waals surface area contributed by atoms with Gasteiger partial charge < -0.3 is 9.32 Å². The molecule has 2 nitrogen and oxygen atoms in total. The maximum Gasteiger partial charge on any atom is 0.143 e. The zero-order valence-electron chi connectivity index (χ0n) is 32.9. The van der Waals surface area contributed by atoms with Gasteiger partial charge in [0.1, 0.15) is 11.2 Å². The number of anilines is 3. The van der Waals surface area contributed by atoms with E-state index in [1.54, 1.807) is 0 Å². The van der Waals surface area contributed by atoms with E-state index in [0.717, 1.165) is 77.8 Å². The number of hydrogen-bond donors (Lipinski definition) is 0. The highest BCUT2D eigenvalue weighted by Crippen LogP contribution is 2.50. The van der Waals surface area contributed by atoms with Crippen LogP contribution >= 0.6 is 0 Å². The van der Waals surface area contributed by atoms with Crippen molar-refractivity contribution in [1.82, 2.24) is 0 Å². The molecule has 1 aromatic heterocycles. The molecule has 0 aliphatic heterocycles. The molecule has 2 heteroatoms. The van der Waals surface area contributed by atoms with Gasteiger partial charge in [-0.25, -0.2) is 0 Å². The summed E-state index contributed by atoms with van der Waals surface area (Å²) in [6.07, 6.45) is 0. The summed E-state index contributed by atoms with van der Waals surface area (Å²) >= 11 is 0. The number of furan rings is 1. The molecule has 60 heavy (non-hydrogen) atoms. The van der Waals surface area contributed by atoms with Crippen molar-refractivity contribution in [2.75, 3.05) is 4.90 Å². The second-order valence-corrected chi connectivity index (χ2v) is 15.3. The lowest BCUT2D eigenvalue weighted by Gasteiger charge is -2.31. The van der Waals surface area contributed by atoms with Crippen LogP contribution in [0.3, 0.4) is 0 Å². The van der Waals surface area contributed by atoms with E-state index in [2.05, 4.69) is 241 Å². The predicted octanol–water partition coefficient (Wildman–Crippen LogP) is 16.5. The molecule has 0 aliphatic carbocycles. The highest BCUT2D eigenvalue weighted by atomic mass is 16.3. The Bertz CT molecular complexity index is 3220. The fraction of sp³-hybridized carbons (Fsp3) is 0. The summed E-state index contributed by atoms with van der Waals surface area (Å²) in [7, 11) is 0. The molecule has 0 amide bonds. The van der Waals surface area contributed by atoms with E-state index >= 15 is 0 Å². The second kappa shape index (κ2) is 15.1. The SMILES string of the molecule is c1ccc(-c2cccc(-c3ccc(N(c4ccc5c(c4)oc4c6ccccc6ccc54)c4c(-c5ccccc5)cc(-c5ccccc5)cc4-c4ccccc4)cc3)c2)cc1. The van der Waals surface area contributed by atoms with Gasteiger partial charge in [0.05, 0.1) is 5.69 Å². The lowest BCUT2D eigenvalue weighted by atomic mass is 9.89. The van der Waals surface area contributed by atoms with E-state index in [1.165, 1.54) is 27.6 Å². The van der Waals surface area contributed by atoms with Crippen molar-refractivity contribution in [3.8, 4) is 55.6 Å². The molecule has 0 aliphatic rings. The summed E-state index contributed by atoms with van der Waals surface area (Å²) < 4.78 is 6.83. The summed E-state index contributed by atoms with van der Waals surface area (Å²) in [6.45, 7) is 0. The molecular weight excluding hydrogens is 727 g/mol. The summed E-state index contributed by atoms with van der Waals surface area (Å²) in [5.74, 6) is 0. The molecule has 11 aromatic rings. The topological polar surface area (TPSA) is 16.4 Å². The largest absolute Gasteiger partial charge is 0.455 e. The summed E-state index contributed by atoms with van der Waals surface area (Å²) in [4.78, 5) is 2.42. The number of nitrogens with zero attached hydrogens (tertiary/aromatic N) is 1. The Morgan fingerprint density at radius 3 is 1.38 bits per heavy atom. The molecule has 0 radical (unpaired) electrons. The lowest BCUT2D eigenvalue weighted by Crippen LogP contribution is -2.13. The summed E-state index contributed by atoms with van der Waals surface area (Å²) in [6, 6.07) is 84.9. The first-order valence-electron chi connectivity index (χ1n) is 20.5. The van der Waals surface area contributed by atoms with Crippen LogP contribution in [0.2, 0.25) is 0 Å². The van der Waals surface area contributed by atoms with Crippen LogP contribution in [0.15, 0.2) is 241 Å².